The van der Waals surface area contributed by atoms with Crippen molar-refractivity contribution in [2.75, 3.05) is 13.2 Å². The van der Waals surface area contributed by atoms with Gasteiger partial charge in [0, 0.05) is 0 Å². The van der Waals surface area contributed by atoms with Gasteiger partial charge in [0.15, 0.2) is 6.61 Å². The summed E-state index contributed by atoms with van der Waals surface area (Å²) in [5.41, 5.74) is 6.47. The smallest absolute Gasteiger partial charge is 0.318 e. The van der Waals surface area contributed by atoms with Gasteiger partial charge in [-0.05, 0) is 11.1 Å². The molecule has 6 nitrogen and oxygen atoms in total. The molecule has 0 aliphatic rings. The second-order valence-corrected chi connectivity index (χ2v) is 5.11. The second-order valence-electron chi connectivity index (χ2n) is 5.11. The first-order chi connectivity index (χ1) is 11.6. The number of nitrogens with two attached hydrogens (primary N) is 1. The molecule has 24 heavy (non-hydrogen) atoms. The lowest BCUT2D eigenvalue weighted by Crippen LogP contribution is -2.36. The Kier molecular flexibility index (Phi) is 6.08. The number of carbonyl (C=O) groups excluding carboxylic acids is 3. The average molecular weight is 326 g/mol. The molecule has 2 aromatic carbocycles. The molecule has 3 N–H and O–H groups in total. The fourth-order valence-electron chi connectivity index (χ4n) is 2.21. The van der Waals surface area contributed by atoms with E-state index in [0.717, 1.165) is 11.1 Å². The molecule has 0 aromatic heterocycles. The summed E-state index contributed by atoms with van der Waals surface area (Å²) in [6.07, 6.45) is 0. The maximum absolute atomic E-state index is 12.5. The van der Waals surface area contributed by atoms with E-state index in [1.165, 1.54) is 0 Å². The lowest BCUT2D eigenvalue weighted by molar-refractivity contribution is -0.149. The molecule has 124 valence electrons. The van der Waals surface area contributed by atoms with Crippen LogP contribution in [0.1, 0.15) is 17.0 Å². The number of primary amides is 1. The van der Waals surface area contributed by atoms with Crippen LogP contribution in [-0.4, -0.2) is 30.9 Å². The van der Waals surface area contributed by atoms with E-state index < -0.39 is 30.3 Å². The van der Waals surface area contributed by atoms with Gasteiger partial charge in [-0.15, -0.1) is 0 Å². The second kappa shape index (κ2) is 8.47. The van der Waals surface area contributed by atoms with Crippen LogP contribution in [0.4, 0.5) is 0 Å². The fraction of sp³-hybridized carbons (Fsp3) is 0.167. The number of hydrogen-bond donors (Lipinski definition) is 2. The summed E-state index contributed by atoms with van der Waals surface area (Å²) in [4.78, 5) is 34.7. The Morgan fingerprint density at radius 1 is 0.917 bits per heavy atom. The predicted molar refractivity (Wildman–Crippen MR) is 87.9 cm³/mol. The van der Waals surface area contributed by atoms with Gasteiger partial charge in [-0.1, -0.05) is 60.7 Å². The van der Waals surface area contributed by atoms with Crippen molar-refractivity contribution in [3.8, 4) is 0 Å². The van der Waals surface area contributed by atoms with Crippen molar-refractivity contribution in [1.82, 2.24) is 5.32 Å². The minimum Gasteiger partial charge on any atom is -0.455 e. The SMILES string of the molecule is NC(=O)CNC(=O)COC(=O)C(c1ccccc1)c1ccccc1. The molecule has 0 saturated carbocycles. The molecule has 0 heterocycles. The third-order valence-electron chi connectivity index (χ3n) is 3.31. The van der Waals surface area contributed by atoms with E-state index in [1.807, 2.05) is 60.7 Å². The Morgan fingerprint density at radius 3 is 1.88 bits per heavy atom. The van der Waals surface area contributed by atoms with Crippen LogP contribution in [0.3, 0.4) is 0 Å². The highest BCUT2D eigenvalue weighted by Gasteiger charge is 2.24. The van der Waals surface area contributed by atoms with Gasteiger partial charge < -0.3 is 15.8 Å². The molecule has 0 aliphatic heterocycles. The van der Waals surface area contributed by atoms with Gasteiger partial charge in [-0.3, -0.25) is 14.4 Å². The predicted octanol–water partition coefficient (Wildman–Crippen LogP) is 0.963. The van der Waals surface area contributed by atoms with E-state index in [-0.39, 0.29) is 6.54 Å². The van der Waals surface area contributed by atoms with Gasteiger partial charge >= 0.3 is 5.97 Å². The molecule has 2 rings (SSSR count). The van der Waals surface area contributed by atoms with E-state index in [4.69, 9.17) is 10.5 Å². The number of ether oxygens (including phenoxy) is 1. The van der Waals surface area contributed by atoms with Crippen molar-refractivity contribution in [3.63, 3.8) is 0 Å². The molecule has 6 heteroatoms. The maximum atomic E-state index is 12.5. The van der Waals surface area contributed by atoms with E-state index in [2.05, 4.69) is 5.32 Å². The normalized spacial score (nSPS) is 10.2. The van der Waals surface area contributed by atoms with Crippen molar-refractivity contribution >= 4 is 17.8 Å². The standard InChI is InChI=1S/C18H18N2O4/c19-15(21)11-20-16(22)12-24-18(23)17(13-7-3-1-4-8-13)14-9-5-2-6-10-14/h1-10,17H,11-12H2,(H2,19,21)(H,20,22). The molecular weight excluding hydrogens is 308 g/mol. The highest BCUT2D eigenvalue weighted by molar-refractivity contribution is 5.87. The van der Waals surface area contributed by atoms with Crippen LogP contribution >= 0.6 is 0 Å². The number of amides is 2. The van der Waals surface area contributed by atoms with Crippen molar-refractivity contribution in [1.29, 1.82) is 0 Å². The highest BCUT2D eigenvalue weighted by Crippen LogP contribution is 2.25. The highest BCUT2D eigenvalue weighted by atomic mass is 16.5. The minimum atomic E-state index is -0.666. The summed E-state index contributed by atoms with van der Waals surface area (Å²) in [5, 5.41) is 2.27. The fourth-order valence-corrected chi connectivity index (χ4v) is 2.21. The van der Waals surface area contributed by atoms with Gasteiger partial charge in [-0.25, -0.2) is 0 Å². The van der Waals surface area contributed by atoms with Gasteiger partial charge in [-0.2, -0.15) is 0 Å². The van der Waals surface area contributed by atoms with Crippen molar-refractivity contribution in [3.05, 3.63) is 71.8 Å². The van der Waals surface area contributed by atoms with Gasteiger partial charge in [0.2, 0.25) is 5.91 Å². The van der Waals surface area contributed by atoms with E-state index >= 15 is 0 Å². The number of rotatable bonds is 7. The van der Waals surface area contributed by atoms with Gasteiger partial charge in [0.1, 0.15) is 5.92 Å². The third kappa shape index (κ3) is 4.95. The Labute approximate surface area is 139 Å². The first-order valence-corrected chi connectivity index (χ1v) is 7.39. The van der Waals surface area contributed by atoms with Crippen LogP contribution in [0.5, 0.6) is 0 Å². The molecule has 0 spiro atoms. The van der Waals surface area contributed by atoms with Crippen molar-refractivity contribution in [2.45, 2.75) is 5.92 Å². The topological polar surface area (TPSA) is 98.5 Å². The molecule has 2 aromatic rings. The molecule has 0 saturated heterocycles. The summed E-state index contributed by atoms with van der Waals surface area (Å²) < 4.78 is 5.10. The monoisotopic (exact) mass is 326 g/mol. The molecule has 0 bridgehead atoms. The lowest BCUT2D eigenvalue weighted by Gasteiger charge is -2.16. The number of esters is 1. The Balaban J connectivity index is 2.09. The summed E-state index contributed by atoms with van der Waals surface area (Å²) in [7, 11) is 0. The molecule has 0 unspecified atom stereocenters. The largest absolute Gasteiger partial charge is 0.455 e. The van der Waals surface area contributed by atoms with Crippen LogP contribution < -0.4 is 11.1 Å². The zero-order chi connectivity index (χ0) is 17.4. The molecular formula is C18H18N2O4. The average Bonchev–Trinajstić information content (AvgIpc) is 2.60. The number of hydrogen-bond acceptors (Lipinski definition) is 4. The number of carbonyl (C=O) groups is 3. The molecule has 0 atom stereocenters. The van der Waals surface area contributed by atoms with Crippen LogP contribution in [0, 0.1) is 0 Å². The first-order valence-electron chi connectivity index (χ1n) is 7.39. The first kappa shape index (κ1) is 17.2. The summed E-state index contributed by atoms with van der Waals surface area (Å²) >= 11 is 0. The number of benzene rings is 2. The quantitative estimate of drug-likeness (QED) is 0.741. The van der Waals surface area contributed by atoms with Gasteiger partial charge in [0.05, 0.1) is 6.54 Å². The summed E-state index contributed by atoms with van der Waals surface area (Å²) in [6, 6.07) is 18.3. The Morgan fingerprint density at radius 2 is 1.42 bits per heavy atom. The zero-order valence-electron chi connectivity index (χ0n) is 13.0. The minimum absolute atomic E-state index is 0.294. The van der Waals surface area contributed by atoms with Crippen molar-refractivity contribution in [2.24, 2.45) is 5.73 Å². The number of nitrogens with one attached hydrogen (secondary N) is 1. The van der Waals surface area contributed by atoms with E-state index in [1.54, 1.807) is 0 Å². The molecule has 0 radical (unpaired) electrons. The summed E-state index contributed by atoms with van der Waals surface area (Å²) in [6.45, 7) is -0.764. The lowest BCUT2D eigenvalue weighted by atomic mass is 9.91. The zero-order valence-corrected chi connectivity index (χ0v) is 13.0. The van der Waals surface area contributed by atoms with Crippen molar-refractivity contribution < 1.29 is 19.1 Å². The van der Waals surface area contributed by atoms with Crippen LogP contribution in [0.2, 0.25) is 0 Å². The third-order valence-corrected chi connectivity index (χ3v) is 3.31. The van der Waals surface area contributed by atoms with Crippen LogP contribution in [0.25, 0.3) is 0 Å². The van der Waals surface area contributed by atoms with E-state index in [0.29, 0.717) is 0 Å². The molecule has 0 fully saturated rings. The maximum Gasteiger partial charge on any atom is 0.318 e. The Bertz CT molecular complexity index is 662. The summed E-state index contributed by atoms with van der Waals surface area (Å²) in [5.74, 6) is -2.42. The van der Waals surface area contributed by atoms with Crippen LogP contribution in [0.15, 0.2) is 60.7 Å². The van der Waals surface area contributed by atoms with Crippen LogP contribution in [-0.2, 0) is 19.1 Å². The molecule has 2 amide bonds. The van der Waals surface area contributed by atoms with E-state index in [9.17, 15) is 14.4 Å². The van der Waals surface area contributed by atoms with Gasteiger partial charge in [0.25, 0.3) is 5.91 Å². The molecule has 0 aliphatic carbocycles. The Hall–Kier alpha value is -3.15.